The smallest absolute Gasteiger partial charge is 0.191 e. The van der Waals surface area contributed by atoms with E-state index in [0.29, 0.717) is 30.4 Å². The molecule has 0 fully saturated rings. The van der Waals surface area contributed by atoms with Crippen molar-refractivity contribution < 1.29 is 8.78 Å². The molecule has 3 rings (SSSR count). The van der Waals surface area contributed by atoms with E-state index in [4.69, 9.17) is 0 Å². The number of hydrogen-bond acceptors (Lipinski definition) is 3. The fourth-order valence-corrected chi connectivity index (χ4v) is 3.23. The summed E-state index contributed by atoms with van der Waals surface area (Å²) < 4.78 is 29.0. The van der Waals surface area contributed by atoms with Crippen molar-refractivity contribution in [1.29, 1.82) is 0 Å². The van der Waals surface area contributed by atoms with Gasteiger partial charge in [0.15, 0.2) is 11.8 Å². The van der Waals surface area contributed by atoms with Crippen LogP contribution in [-0.4, -0.2) is 39.9 Å². The van der Waals surface area contributed by atoms with Crippen LogP contribution in [0.5, 0.6) is 0 Å². The van der Waals surface area contributed by atoms with Gasteiger partial charge in [-0.1, -0.05) is 13.8 Å². The summed E-state index contributed by atoms with van der Waals surface area (Å²) in [6.07, 6.45) is 2.15. The zero-order valence-electron chi connectivity index (χ0n) is 17.1. The number of aliphatic imine (C=N–C) groups is 1. The summed E-state index contributed by atoms with van der Waals surface area (Å²) in [6.45, 7) is 8.00. The Morgan fingerprint density at radius 2 is 2.14 bits per heavy atom. The molecule has 6 nitrogen and oxygen atoms in total. The Kier molecular flexibility index (Phi) is 8.79. The molecule has 0 radical (unpaired) electrons. The first-order valence-corrected chi connectivity index (χ1v) is 9.88. The Balaban J connectivity index is 0.00000300. The molecule has 1 aromatic heterocycles. The zero-order chi connectivity index (χ0) is 20.1. The number of aromatic nitrogens is 3. The van der Waals surface area contributed by atoms with Gasteiger partial charge in [-0.2, -0.15) is 5.10 Å². The molecule has 1 aliphatic heterocycles. The Morgan fingerprint density at radius 1 is 1.34 bits per heavy atom. The molecule has 0 bridgehead atoms. The highest BCUT2D eigenvalue weighted by atomic mass is 127. The fourth-order valence-electron chi connectivity index (χ4n) is 3.23. The first kappa shape index (κ1) is 23.5. The van der Waals surface area contributed by atoms with E-state index in [0.717, 1.165) is 49.7 Å². The molecule has 29 heavy (non-hydrogen) atoms. The number of fused-ring (bicyclic) bond motifs is 1. The monoisotopic (exact) mass is 518 g/mol. The van der Waals surface area contributed by atoms with Gasteiger partial charge in [0.2, 0.25) is 0 Å². The molecule has 1 unspecified atom stereocenters. The van der Waals surface area contributed by atoms with Crippen molar-refractivity contribution in [3.8, 4) is 0 Å². The van der Waals surface area contributed by atoms with Crippen LogP contribution in [0.25, 0.3) is 0 Å². The lowest BCUT2D eigenvalue weighted by molar-refractivity contribution is 0.391. The van der Waals surface area contributed by atoms with Crippen LogP contribution < -0.4 is 10.6 Å². The Morgan fingerprint density at radius 3 is 2.86 bits per heavy atom. The highest BCUT2D eigenvalue weighted by Crippen LogP contribution is 2.17. The molecule has 1 aliphatic rings. The number of halogens is 3. The van der Waals surface area contributed by atoms with E-state index in [9.17, 15) is 8.78 Å². The Hall–Kier alpha value is -1.78. The topological polar surface area (TPSA) is 67.1 Å². The second-order valence-corrected chi connectivity index (χ2v) is 7.35. The van der Waals surface area contributed by atoms with Crippen LogP contribution in [0.1, 0.15) is 50.3 Å². The van der Waals surface area contributed by atoms with Crippen LogP contribution in [0.4, 0.5) is 8.78 Å². The van der Waals surface area contributed by atoms with Gasteiger partial charge in [0.25, 0.3) is 0 Å². The highest BCUT2D eigenvalue weighted by molar-refractivity contribution is 14.0. The van der Waals surface area contributed by atoms with Crippen molar-refractivity contribution in [2.75, 3.05) is 13.1 Å². The lowest BCUT2D eigenvalue weighted by atomic mass is 10.1. The van der Waals surface area contributed by atoms with Crippen LogP contribution in [0.3, 0.4) is 0 Å². The molecular formula is C20H29F2IN6. The molecule has 0 aliphatic carbocycles. The van der Waals surface area contributed by atoms with Crippen molar-refractivity contribution in [2.24, 2.45) is 4.99 Å². The third-order valence-electron chi connectivity index (χ3n) is 4.73. The summed E-state index contributed by atoms with van der Waals surface area (Å²) in [5.41, 5.74) is 0.339. The molecular weight excluding hydrogens is 489 g/mol. The van der Waals surface area contributed by atoms with E-state index < -0.39 is 11.6 Å². The molecule has 160 valence electrons. The summed E-state index contributed by atoms with van der Waals surface area (Å²) in [5, 5.41) is 11.2. The van der Waals surface area contributed by atoms with Crippen molar-refractivity contribution in [1.82, 2.24) is 25.4 Å². The fraction of sp³-hybridized carbons (Fsp3) is 0.550. The number of aryl methyl sites for hydroxylation is 1. The molecule has 1 aromatic carbocycles. The maximum Gasteiger partial charge on any atom is 0.191 e. The quantitative estimate of drug-likeness (QED) is 0.350. The van der Waals surface area contributed by atoms with Gasteiger partial charge in [-0.05, 0) is 43.5 Å². The summed E-state index contributed by atoms with van der Waals surface area (Å²) >= 11 is 0. The Bertz CT molecular complexity index is 836. The third-order valence-corrected chi connectivity index (χ3v) is 4.73. The van der Waals surface area contributed by atoms with Gasteiger partial charge in [0.05, 0.1) is 6.54 Å². The van der Waals surface area contributed by atoms with Gasteiger partial charge in [-0.25, -0.2) is 18.4 Å². The molecule has 0 saturated heterocycles. The van der Waals surface area contributed by atoms with Gasteiger partial charge >= 0.3 is 0 Å². The summed E-state index contributed by atoms with van der Waals surface area (Å²) in [4.78, 5) is 9.13. The molecule has 0 amide bonds. The van der Waals surface area contributed by atoms with E-state index in [1.807, 2.05) is 11.6 Å². The zero-order valence-corrected chi connectivity index (χ0v) is 19.4. The second kappa shape index (κ2) is 10.8. The van der Waals surface area contributed by atoms with Crippen molar-refractivity contribution in [3.05, 3.63) is 47.0 Å². The van der Waals surface area contributed by atoms with Gasteiger partial charge < -0.3 is 10.6 Å². The molecule has 2 aromatic rings. The van der Waals surface area contributed by atoms with E-state index in [-0.39, 0.29) is 30.0 Å². The minimum absolute atomic E-state index is 0. The van der Waals surface area contributed by atoms with E-state index >= 15 is 0 Å². The SMILES string of the molecule is CCNC(=NCCc1cc(F)ccc1F)NC1CCc2nc(C(C)C)nn2C1.I. The first-order valence-electron chi connectivity index (χ1n) is 9.88. The van der Waals surface area contributed by atoms with Gasteiger partial charge in [-0.3, -0.25) is 4.99 Å². The van der Waals surface area contributed by atoms with E-state index in [1.54, 1.807) is 0 Å². The number of rotatable bonds is 6. The van der Waals surface area contributed by atoms with Gasteiger partial charge in [-0.15, -0.1) is 24.0 Å². The number of benzene rings is 1. The van der Waals surface area contributed by atoms with Crippen molar-refractivity contribution in [3.63, 3.8) is 0 Å². The van der Waals surface area contributed by atoms with Crippen LogP contribution in [0.15, 0.2) is 23.2 Å². The lowest BCUT2D eigenvalue weighted by Gasteiger charge is -2.25. The Labute approximate surface area is 187 Å². The lowest BCUT2D eigenvalue weighted by Crippen LogP contribution is -2.47. The number of guanidine groups is 1. The predicted molar refractivity (Wildman–Crippen MR) is 121 cm³/mol. The summed E-state index contributed by atoms with van der Waals surface area (Å²) in [6, 6.07) is 3.70. The number of hydrogen-bond donors (Lipinski definition) is 2. The van der Waals surface area contributed by atoms with Crippen LogP contribution in [-0.2, 0) is 19.4 Å². The highest BCUT2D eigenvalue weighted by Gasteiger charge is 2.23. The maximum absolute atomic E-state index is 13.8. The first-order chi connectivity index (χ1) is 13.5. The molecule has 0 spiro atoms. The van der Waals surface area contributed by atoms with E-state index in [1.165, 1.54) is 6.07 Å². The van der Waals surface area contributed by atoms with Gasteiger partial charge in [0, 0.05) is 31.5 Å². The number of nitrogens with one attached hydrogen (secondary N) is 2. The van der Waals surface area contributed by atoms with Crippen LogP contribution in [0, 0.1) is 11.6 Å². The van der Waals surface area contributed by atoms with Gasteiger partial charge in [0.1, 0.15) is 17.5 Å². The largest absolute Gasteiger partial charge is 0.357 e. The minimum atomic E-state index is -0.433. The van der Waals surface area contributed by atoms with Crippen molar-refractivity contribution >= 4 is 29.9 Å². The standard InChI is InChI=1S/C20H28F2N6.HI/c1-4-23-20(24-10-9-14-11-15(21)5-7-17(14)22)25-16-6-8-18-26-19(13(2)3)27-28(18)12-16;/h5,7,11,13,16H,4,6,8-10,12H2,1-3H3,(H2,23,24,25);1H. The third kappa shape index (κ3) is 6.35. The predicted octanol–water partition coefficient (Wildman–Crippen LogP) is 3.41. The average Bonchev–Trinajstić information content (AvgIpc) is 3.08. The van der Waals surface area contributed by atoms with Crippen molar-refractivity contribution in [2.45, 2.75) is 58.5 Å². The molecule has 2 heterocycles. The summed E-state index contributed by atoms with van der Waals surface area (Å²) in [7, 11) is 0. The van der Waals surface area contributed by atoms with Crippen LogP contribution in [0.2, 0.25) is 0 Å². The average molecular weight is 518 g/mol. The molecule has 0 saturated carbocycles. The molecule has 1 atom stereocenters. The summed E-state index contributed by atoms with van der Waals surface area (Å²) in [5.74, 6) is 2.07. The minimum Gasteiger partial charge on any atom is -0.357 e. The van der Waals surface area contributed by atoms with Crippen LogP contribution >= 0.6 is 24.0 Å². The second-order valence-electron chi connectivity index (χ2n) is 7.35. The van der Waals surface area contributed by atoms with E-state index in [2.05, 4.69) is 39.6 Å². The maximum atomic E-state index is 13.8. The molecule has 9 heteroatoms. The molecule has 2 N–H and O–H groups in total. The normalized spacial score (nSPS) is 16.3. The number of nitrogens with zero attached hydrogens (tertiary/aromatic N) is 4.